The number of anilines is 1. The topological polar surface area (TPSA) is 84.3 Å². The highest BCUT2D eigenvalue weighted by Crippen LogP contribution is 2.26. The fourth-order valence-electron chi connectivity index (χ4n) is 2.07. The van der Waals surface area contributed by atoms with Gasteiger partial charge in [0.1, 0.15) is 0 Å². The molecule has 0 spiro atoms. The third-order valence-corrected chi connectivity index (χ3v) is 4.87. The van der Waals surface area contributed by atoms with E-state index in [1.54, 1.807) is 6.07 Å². The zero-order valence-corrected chi connectivity index (χ0v) is 15.2. The van der Waals surface area contributed by atoms with Gasteiger partial charge in [-0.2, -0.15) is 0 Å². The zero-order chi connectivity index (χ0) is 18.2. The summed E-state index contributed by atoms with van der Waals surface area (Å²) in [5.41, 5.74) is 1.68. The van der Waals surface area contributed by atoms with Gasteiger partial charge in [0.25, 0.3) is 5.69 Å². The molecule has 0 fully saturated rings. The van der Waals surface area contributed by atoms with E-state index in [1.807, 2.05) is 31.2 Å². The number of non-ortho nitro benzene ring substituents is 1. The van der Waals surface area contributed by atoms with Crippen molar-refractivity contribution in [2.75, 3.05) is 24.2 Å². The third-order valence-electron chi connectivity index (χ3n) is 3.38. The Morgan fingerprint density at radius 3 is 2.68 bits per heavy atom. The number of nitro benzene ring substituents is 1. The van der Waals surface area contributed by atoms with Crippen molar-refractivity contribution in [2.45, 2.75) is 11.8 Å². The standard InChI is InChI=1S/C17H18ClN3O3S/c1-12-4-2-3-5-16(12)25-11-17(22)20-9-8-19-15-7-6-13(21(23)24)10-14(15)18/h2-7,10,19H,8-9,11H2,1H3,(H,20,22). The fourth-order valence-corrected chi connectivity index (χ4v) is 3.17. The number of nitrogens with zero attached hydrogens (tertiary/aromatic N) is 1. The number of thioether (sulfide) groups is 1. The minimum Gasteiger partial charge on any atom is -0.382 e. The summed E-state index contributed by atoms with van der Waals surface area (Å²) in [5.74, 6) is 0.299. The van der Waals surface area contributed by atoms with E-state index >= 15 is 0 Å². The minimum atomic E-state index is -0.498. The molecule has 6 nitrogen and oxygen atoms in total. The Balaban J connectivity index is 1.71. The van der Waals surface area contributed by atoms with Gasteiger partial charge in [0.15, 0.2) is 0 Å². The summed E-state index contributed by atoms with van der Waals surface area (Å²) in [6.07, 6.45) is 0. The number of hydrogen-bond acceptors (Lipinski definition) is 5. The van der Waals surface area contributed by atoms with Gasteiger partial charge >= 0.3 is 0 Å². The average Bonchev–Trinajstić information content (AvgIpc) is 2.59. The molecule has 2 aromatic rings. The number of hydrogen-bond donors (Lipinski definition) is 2. The van der Waals surface area contributed by atoms with E-state index in [9.17, 15) is 14.9 Å². The van der Waals surface area contributed by atoms with Crippen molar-refractivity contribution in [3.8, 4) is 0 Å². The Bertz CT molecular complexity index is 771. The second-order valence-electron chi connectivity index (χ2n) is 5.25. The smallest absolute Gasteiger partial charge is 0.271 e. The Kier molecular flexibility index (Phi) is 7.09. The monoisotopic (exact) mass is 379 g/mol. The molecule has 0 radical (unpaired) electrons. The van der Waals surface area contributed by atoms with Gasteiger partial charge in [0.05, 0.1) is 21.4 Å². The molecular formula is C17H18ClN3O3S. The quantitative estimate of drug-likeness (QED) is 0.315. The van der Waals surface area contributed by atoms with Crippen molar-refractivity contribution in [3.05, 3.63) is 63.2 Å². The normalized spacial score (nSPS) is 10.3. The summed E-state index contributed by atoms with van der Waals surface area (Å²) in [6, 6.07) is 12.1. The van der Waals surface area contributed by atoms with Crippen molar-refractivity contribution in [2.24, 2.45) is 0 Å². The van der Waals surface area contributed by atoms with Crippen LogP contribution in [0, 0.1) is 17.0 Å². The lowest BCUT2D eigenvalue weighted by atomic mass is 10.2. The number of benzene rings is 2. The summed E-state index contributed by atoms with van der Waals surface area (Å²) in [5, 5.41) is 16.8. The number of halogens is 1. The first kappa shape index (κ1) is 19.1. The SMILES string of the molecule is Cc1ccccc1SCC(=O)NCCNc1ccc([N+](=O)[O-])cc1Cl. The number of rotatable bonds is 8. The average molecular weight is 380 g/mol. The number of aryl methyl sites for hydroxylation is 1. The molecule has 132 valence electrons. The zero-order valence-electron chi connectivity index (χ0n) is 13.6. The largest absolute Gasteiger partial charge is 0.382 e. The van der Waals surface area contributed by atoms with Crippen molar-refractivity contribution in [3.63, 3.8) is 0 Å². The predicted molar refractivity (Wildman–Crippen MR) is 102 cm³/mol. The van der Waals surface area contributed by atoms with Crippen molar-refractivity contribution in [1.82, 2.24) is 5.32 Å². The molecule has 0 aliphatic carbocycles. The molecule has 0 atom stereocenters. The van der Waals surface area contributed by atoms with E-state index in [-0.39, 0.29) is 16.6 Å². The van der Waals surface area contributed by atoms with E-state index in [0.29, 0.717) is 24.5 Å². The number of amides is 1. The Morgan fingerprint density at radius 1 is 1.24 bits per heavy atom. The van der Waals surface area contributed by atoms with Crippen molar-refractivity contribution in [1.29, 1.82) is 0 Å². The molecule has 25 heavy (non-hydrogen) atoms. The number of carbonyl (C=O) groups is 1. The molecule has 2 aromatic carbocycles. The van der Waals surface area contributed by atoms with Crippen LogP contribution in [0.5, 0.6) is 0 Å². The molecule has 0 saturated heterocycles. The molecule has 0 aromatic heterocycles. The number of nitrogens with one attached hydrogen (secondary N) is 2. The first-order chi connectivity index (χ1) is 12.0. The highest BCUT2D eigenvalue weighted by molar-refractivity contribution is 8.00. The van der Waals surface area contributed by atoms with Gasteiger partial charge in [-0.3, -0.25) is 14.9 Å². The lowest BCUT2D eigenvalue weighted by Crippen LogP contribution is -2.30. The maximum absolute atomic E-state index is 11.9. The molecule has 0 aliphatic heterocycles. The van der Waals surface area contributed by atoms with E-state index in [1.165, 1.54) is 23.9 Å². The van der Waals surface area contributed by atoms with Gasteiger partial charge in [-0.15, -0.1) is 11.8 Å². The summed E-state index contributed by atoms with van der Waals surface area (Å²) in [6.45, 7) is 2.91. The number of nitro groups is 1. The van der Waals surface area contributed by atoms with Gasteiger partial charge in [0.2, 0.25) is 5.91 Å². The van der Waals surface area contributed by atoms with Crippen LogP contribution in [-0.2, 0) is 4.79 Å². The molecule has 8 heteroatoms. The van der Waals surface area contributed by atoms with E-state index in [0.717, 1.165) is 10.5 Å². The van der Waals surface area contributed by atoms with Crippen molar-refractivity contribution < 1.29 is 9.72 Å². The highest BCUT2D eigenvalue weighted by atomic mass is 35.5. The Hall–Kier alpha value is -2.25. The molecular weight excluding hydrogens is 362 g/mol. The first-order valence-corrected chi connectivity index (χ1v) is 8.96. The van der Waals surface area contributed by atoms with Crippen LogP contribution in [0.3, 0.4) is 0 Å². The van der Waals surface area contributed by atoms with Gasteiger partial charge in [-0.05, 0) is 24.6 Å². The molecule has 0 bridgehead atoms. The van der Waals surface area contributed by atoms with Gasteiger partial charge < -0.3 is 10.6 Å². The lowest BCUT2D eigenvalue weighted by Gasteiger charge is -2.10. The maximum Gasteiger partial charge on any atom is 0.271 e. The highest BCUT2D eigenvalue weighted by Gasteiger charge is 2.09. The van der Waals surface area contributed by atoms with Gasteiger partial charge in [-0.25, -0.2) is 0 Å². The van der Waals surface area contributed by atoms with Crippen LogP contribution in [0.2, 0.25) is 5.02 Å². The lowest BCUT2D eigenvalue weighted by molar-refractivity contribution is -0.384. The van der Waals surface area contributed by atoms with Gasteiger partial charge in [-0.1, -0.05) is 29.8 Å². The predicted octanol–water partition coefficient (Wildman–Crippen LogP) is 3.88. The molecule has 1 amide bonds. The third kappa shape index (κ3) is 5.95. The van der Waals surface area contributed by atoms with Crippen molar-refractivity contribution >= 4 is 40.6 Å². The molecule has 2 rings (SSSR count). The molecule has 2 N–H and O–H groups in total. The summed E-state index contributed by atoms with van der Waals surface area (Å²) >= 11 is 7.49. The molecule has 0 unspecified atom stereocenters. The summed E-state index contributed by atoms with van der Waals surface area (Å²) in [7, 11) is 0. The van der Waals surface area contributed by atoms with Crippen LogP contribution in [-0.4, -0.2) is 29.7 Å². The summed E-state index contributed by atoms with van der Waals surface area (Å²) in [4.78, 5) is 23.1. The van der Waals surface area contributed by atoms with E-state index < -0.39 is 4.92 Å². The Labute approximate surface area is 155 Å². The van der Waals surface area contributed by atoms with Crippen LogP contribution in [0.4, 0.5) is 11.4 Å². The fraction of sp³-hybridized carbons (Fsp3) is 0.235. The summed E-state index contributed by atoms with van der Waals surface area (Å²) < 4.78 is 0. The maximum atomic E-state index is 11.9. The molecule has 0 heterocycles. The van der Waals surface area contributed by atoms with Crippen LogP contribution in [0.15, 0.2) is 47.4 Å². The number of carbonyl (C=O) groups excluding carboxylic acids is 1. The van der Waals surface area contributed by atoms with Crippen LogP contribution >= 0.6 is 23.4 Å². The van der Waals surface area contributed by atoms with Crippen LogP contribution in [0.1, 0.15) is 5.56 Å². The Morgan fingerprint density at radius 2 is 2.00 bits per heavy atom. The minimum absolute atomic E-state index is 0.0511. The van der Waals surface area contributed by atoms with Crippen LogP contribution in [0.25, 0.3) is 0 Å². The van der Waals surface area contributed by atoms with Gasteiger partial charge in [0, 0.05) is 30.1 Å². The second-order valence-corrected chi connectivity index (χ2v) is 6.68. The first-order valence-electron chi connectivity index (χ1n) is 7.60. The molecule has 0 aliphatic rings. The second kappa shape index (κ2) is 9.29. The van der Waals surface area contributed by atoms with E-state index in [4.69, 9.17) is 11.6 Å². The van der Waals surface area contributed by atoms with E-state index in [2.05, 4.69) is 10.6 Å². The molecule has 0 saturated carbocycles. The van der Waals surface area contributed by atoms with Crippen LogP contribution < -0.4 is 10.6 Å².